The number of aryl methyl sites for hydroxylation is 2. The zero-order chi connectivity index (χ0) is 25.8. The number of hydrogen-bond donors (Lipinski definition) is 1. The minimum atomic E-state index is -0.557. The summed E-state index contributed by atoms with van der Waals surface area (Å²) in [6.45, 7) is 5.97. The van der Waals surface area contributed by atoms with E-state index in [1.165, 1.54) is 24.3 Å². The van der Waals surface area contributed by atoms with E-state index < -0.39 is 10.8 Å². The van der Waals surface area contributed by atoms with Crippen LogP contribution in [0.5, 0.6) is 17.2 Å². The highest BCUT2D eigenvalue weighted by molar-refractivity contribution is 9.10. The second-order valence-electron chi connectivity index (χ2n) is 8.24. The number of nitro benzene ring substituents is 1. The SMILES string of the molecule is Cc1cc(C)c(C)c(Oc2cc(NC(=O)c3ccc(COc4ccc(Br)cc4)o3)cc([N+](=O)[O-])c2)c1. The zero-order valence-corrected chi connectivity index (χ0v) is 21.4. The molecule has 4 rings (SSSR count). The second kappa shape index (κ2) is 10.7. The van der Waals surface area contributed by atoms with E-state index in [1.807, 2.05) is 57.2 Å². The molecule has 0 atom stereocenters. The van der Waals surface area contributed by atoms with Gasteiger partial charge in [0, 0.05) is 16.6 Å². The normalized spacial score (nSPS) is 10.7. The van der Waals surface area contributed by atoms with Crippen molar-refractivity contribution in [2.45, 2.75) is 27.4 Å². The summed E-state index contributed by atoms with van der Waals surface area (Å²) in [7, 11) is 0. The van der Waals surface area contributed by atoms with E-state index in [0.717, 1.165) is 21.2 Å². The van der Waals surface area contributed by atoms with Crippen LogP contribution >= 0.6 is 15.9 Å². The van der Waals surface area contributed by atoms with Crippen LogP contribution in [0.1, 0.15) is 33.0 Å². The van der Waals surface area contributed by atoms with Crippen LogP contribution in [0.2, 0.25) is 0 Å². The Morgan fingerprint density at radius 3 is 2.47 bits per heavy atom. The van der Waals surface area contributed by atoms with E-state index in [2.05, 4.69) is 21.2 Å². The first-order chi connectivity index (χ1) is 17.2. The van der Waals surface area contributed by atoms with Gasteiger partial charge in [0.1, 0.15) is 29.6 Å². The molecule has 0 saturated carbocycles. The predicted octanol–water partition coefficient (Wildman–Crippen LogP) is 7.50. The van der Waals surface area contributed by atoms with Crippen molar-refractivity contribution in [2.75, 3.05) is 5.32 Å². The van der Waals surface area contributed by atoms with E-state index in [1.54, 1.807) is 6.07 Å². The Balaban J connectivity index is 1.49. The van der Waals surface area contributed by atoms with Crippen LogP contribution in [0.15, 0.2) is 75.6 Å². The highest BCUT2D eigenvalue weighted by Crippen LogP contribution is 2.33. The average molecular weight is 551 g/mol. The van der Waals surface area contributed by atoms with Gasteiger partial charge in [-0.25, -0.2) is 0 Å². The lowest BCUT2D eigenvalue weighted by molar-refractivity contribution is -0.384. The molecule has 0 radical (unpaired) electrons. The Kier molecular flexibility index (Phi) is 7.40. The third-order valence-electron chi connectivity index (χ3n) is 5.43. The molecule has 1 aromatic heterocycles. The van der Waals surface area contributed by atoms with Crippen molar-refractivity contribution >= 4 is 33.2 Å². The van der Waals surface area contributed by atoms with Crippen LogP contribution in [0.3, 0.4) is 0 Å². The Morgan fingerprint density at radius 1 is 1.00 bits per heavy atom. The molecule has 1 heterocycles. The maximum Gasteiger partial charge on any atom is 0.291 e. The fourth-order valence-electron chi connectivity index (χ4n) is 3.51. The molecule has 0 bridgehead atoms. The Bertz CT molecular complexity index is 1430. The van der Waals surface area contributed by atoms with Crippen LogP contribution in [-0.2, 0) is 6.61 Å². The molecule has 3 aromatic carbocycles. The summed E-state index contributed by atoms with van der Waals surface area (Å²) in [6, 6.07) is 18.5. The summed E-state index contributed by atoms with van der Waals surface area (Å²) < 4.78 is 18.2. The molecule has 0 fully saturated rings. The minimum Gasteiger partial charge on any atom is -0.486 e. The first-order valence-electron chi connectivity index (χ1n) is 11.0. The number of nitro groups is 1. The van der Waals surface area contributed by atoms with E-state index >= 15 is 0 Å². The van der Waals surface area contributed by atoms with Crippen LogP contribution < -0.4 is 14.8 Å². The fraction of sp³-hybridized carbons (Fsp3) is 0.148. The van der Waals surface area contributed by atoms with Gasteiger partial charge >= 0.3 is 0 Å². The average Bonchev–Trinajstić information content (AvgIpc) is 3.31. The summed E-state index contributed by atoms with van der Waals surface area (Å²) in [6.07, 6.45) is 0. The van der Waals surface area contributed by atoms with E-state index in [9.17, 15) is 14.9 Å². The van der Waals surface area contributed by atoms with E-state index in [4.69, 9.17) is 13.9 Å². The van der Waals surface area contributed by atoms with Crippen molar-refractivity contribution in [3.8, 4) is 17.2 Å². The topological polar surface area (TPSA) is 104 Å². The van der Waals surface area contributed by atoms with Gasteiger partial charge in [0.25, 0.3) is 11.6 Å². The van der Waals surface area contributed by atoms with Gasteiger partial charge in [0.05, 0.1) is 16.7 Å². The molecule has 1 amide bonds. The molecule has 1 N–H and O–H groups in total. The number of carbonyl (C=O) groups excluding carboxylic acids is 1. The standard InChI is InChI=1S/C27H23BrN2O6/c1-16-10-17(2)18(3)26(11-16)36-24-13-20(12-21(14-24)30(32)33)29-27(31)25-9-8-23(35-25)15-34-22-6-4-19(28)5-7-22/h4-14H,15H2,1-3H3,(H,29,31). The third kappa shape index (κ3) is 6.11. The minimum absolute atomic E-state index is 0.0449. The molecule has 36 heavy (non-hydrogen) atoms. The molecule has 0 unspecified atom stereocenters. The molecule has 0 spiro atoms. The molecule has 0 aliphatic rings. The van der Waals surface area contributed by atoms with Crippen molar-refractivity contribution in [2.24, 2.45) is 0 Å². The third-order valence-corrected chi connectivity index (χ3v) is 5.96. The highest BCUT2D eigenvalue weighted by Gasteiger charge is 2.17. The van der Waals surface area contributed by atoms with Gasteiger partial charge in [-0.05, 0) is 79.9 Å². The number of nitrogens with zero attached hydrogens (tertiary/aromatic N) is 1. The Labute approximate surface area is 216 Å². The summed E-state index contributed by atoms with van der Waals surface area (Å²) in [5.74, 6) is 1.42. The molecule has 4 aromatic rings. The lowest BCUT2D eigenvalue weighted by Gasteiger charge is -2.13. The maximum atomic E-state index is 12.8. The number of hydrogen-bond acceptors (Lipinski definition) is 6. The predicted molar refractivity (Wildman–Crippen MR) is 139 cm³/mol. The maximum absolute atomic E-state index is 12.8. The van der Waals surface area contributed by atoms with Gasteiger partial charge < -0.3 is 19.2 Å². The monoisotopic (exact) mass is 550 g/mol. The van der Waals surface area contributed by atoms with Crippen LogP contribution in [-0.4, -0.2) is 10.8 Å². The first-order valence-corrected chi connectivity index (χ1v) is 11.8. The number of anilines is 1. The summed E-state index contributed by atoms with van der Waals surface area (Å²) in [5.41, 5.74) is 2.96. The molecular formula is C27H23BrN2O6. The highest BCUT2D eigenvalue weighted by atomic mass is 79.9. The van der Waals surface area contributed by atoms with Gasteiger partial charge in [-0.15, -0.1) is 0 Å². The number of ether oxygens (including phenoxy) is 2. The quantitative estimate of drug-likeness (QED) is 0.180. The van der Waals surface area contributed by atoms with Crippen molar-refractivity contribution in [3.63, 3.8) is 0 Å². The Hall–Kier alpha value is -4.11. The number of furan rings is 1. The number of amides is 1. The molecule has 0 saturated heterocycles. The number of nitrogens with one attached hydrogen (secondary N) is 1. The number of halogens is 1. The molecular weight excluding hydrogens is 528 g/mol. The number of benzene rings is 3. The first kappa shape index (κ1) is 25.0. The largest absolute Gasteiger partial charge is 0.486 e. The van der Waals surface area contributed by atoms with E-state index in [0.29, 0.717) is 17.3 Å². The van der Waals surface area contributed by atoms with Crippen molar-refractivity contribution < 1.29 is 23.6 Å². The summed E-state index contributed by atoms with van der Waals surface area (Å²) in [4.78, 5) is 23.7. The molecule has 9 heteroatoms. The molecule has 0 aliphatic heterocycles. The van der Waals surface area contributed by atoms with E-state index in [-0.39, 0.29) is 29.5 Å². The van der Waals surface area contributed by atoms with Crippen molar-refractivity contribution in [1.29, 1.82) is 0 Å². The lowest BCUT2D eigenvalue weighted by atomic mass is 10.1. The van der Waals surface area contributed by atoms with Crippen molar-refractivity contribution in [3.05, 3.63) is 110 Å². The van der Waals surface area contributed by atoms with Crippen LogP contribution in [0, 0.1) is 30.9 Å². The second-order valence-corrected chi connectivity index (χ2v) is 9.16. The van der Waals surface area contributed by atoms with Gasteiger partial charge in [0.2, 0.25) is 0 Å². The Morgan fingerprint density at radius 2 is 1.75 bits per heavy atom. The van der Waals surface area contributed by atoms with Crippen LogP contribution in [0.25, 0.3) is 0 Å². The van der Waals surface area contributed by atoms with Gasteiger partial charge in [0.15, 0.2) is 5.76 Å². The summed E-state index contributed by atoms with van der Waals surface area (Å²) >= 11 is 3.37. The lowest BCUT2D eigenvalue weighted by Crippen LogP contribution is -2.11. The number of non-ortho nitro benzene ring substituents is 1. The number of rotatable bonds is 8. The smallest absolute Gasteiger partial charge is 0.291 e. The van der Waals surface area contributed by atoms with Crippen LogP contribution in [0.4, 0.5) is 11.4 Å². The van der Waals surface area contributed by atoms with Gasteiger partial charge in [-0.3, -0.25) is 14.9 Å². The molecule has 184 valence electrons. The fourth-order valence-corrected chi connectivity index (χ4v) is 3.77. The summed E-state index contributed by atoms with van der Waals surface area (Å²) in [5, 5.41) is 14.1. The van der Waals surface area contributed by atoms with Crippen molar-refractivity contribution in [1.82, 2.24) is 0 Å². The molecule has 0 aliphatic carbocycles. The zero-order valence-electron chi connectivity index (χ0n) is 19.8. The number of carbonyl (C=O) groups is 1. The van der Waals surface area contributed by atoms with Gasteiger partial charge in [-0.2, -0.15) is 0 Å². The van der Waals surface area contributed by atoms with Gasteiger partial charge in [-0.1, -0.05) is 22.0 Å². The molecule has 8 nitrogen and oxygen atoms in total.